The fourth-order valence-corrected chi connectivity index (χ4v) is 18.3. The Morgan fingerprint density at radius 2 is 1.73 bits per heavy atom. The topological polar surface area (TPSA) is 201 Å². The monoisotopic (exact) mass is 1050 g/mol. The van der Waals surface area contributed by atoms with Gasteiger partial charge in [-0.15, -0.1) is 0 Å². The smallest absolute Gasteiger partial charge is 0.353 e. The lowest BCUT2D eigenvalue weighted by atomic mass is 9.47. The summed E-state index contributed by atoms with van der Waals surface area (Å²) in [5.74, 6) is -3.52. The normalized spacial score (nSPS) is 37.1. The van der Waals surface area contributed by atoms with Crippen molar-refractivity contribution in [3.63, 3.8) is 0 Å². The average molecular weight is 1050 g/mol. The largest absolute Gasteiger partial charge is 0.633 e. The maximum Gasteiger partial charge on any atom is 0.353 e. The van der Waals surface area contributed by atoms with Crippen molar-refractivity contribution in [3.05, 3.63) is 106 Å². The molecule has 1 amide bonds. The number of anilines is 2. The zero-order valence-corrected chi connectivity index (χ0v) is 45.4. The number of nitrogens with one attached hydrogen (secondary N) is 2. The van der Waals surface area contributed by atoms with Gasteiger partial charge >= 0.3 is 19.5 Å². The van der Waals surface area contributed by atoms with E-state index in [0.717, 1.165) is 22.4 Å². The van der Waals surface area contributed by atoms with Gasteiger partial charge in [0.15, 0.2) is 6.10 Å². The van der Waals surface area contributed by atoms with Crippen LogP contribution in [0.15, 0.2) is 78.9 Å². The minimum absolute atomic E-state index is 0.0229. The van der Waals surface area contributed by atoms with E-state index in [-0.39, 0.29) is 50.5 Å². The maximum absolute atomic E-state index is 16.2. The van der Waals surface area contributed by atoms with Crippen molar-refractivity contribution in [2.24, 2.45) is 11.3 Å². The fourth-order valence-electron chi connectivity index (χ4n) is 16.5. The number of esters is 2. The molecule has 0 aromatic heterocycles. The Hall–Kier alpha value is -4.84. The summed E-state index contributed by atoms with van der Waals surface area (Å²) in [4.78, 5) is 49.9. The summed E-state index contributed by atoms with van der Waals surface area (Å²) in [6.07, 6.45) is 4.63. The molecule has 6 unspecified atom stereocenters. The number of carbonyl (C=O) groups is 3. The summed E-state index contributed by atoms with van der Waals surface area (Å²) in [6.45, 7) is 10.9. The van der Waals surface area contributed by atoms with E-state index in [2.05, 4.69) is 34.6 Å². The van der Waals surface area contributed by atoms with E-state index in [4.69, 9.17) is 28.0 Å². The van der Waals surface area contributed by atoms with Gasteiger partial charge in [0.05, 0.1) is 52.6 Å². The number of benzene rings is 3. The summed E-state index contributed by atoms with van der Waals surface area (Å²) in [7, 11) is 0.705. The molecule has 3 N–H and O–H groups in total. The van der Waals surface area contributed by atoms with Crippen LogP contribution >= 0.6 is 7.60 Å². The molecule has 2 bridgehead atoms. The molecule has 1 spiro atoms. The number of carbonyl (C=O) groups excluding carboxylic acids is 3. The molecule has 11 rings (SSSR count). The van der Waals surface area contributed by atoms with Crippen LogP contribution in [0, 0.1) is 16.5 Å². The highest BCUT2D eigenvalue weighted by atomic mass is 31.2. The number of hydroxylamine groups is 3. The van der Waals surface area contributed by atoms with Crippen molar-refractivity contribution in [1.29, 1.82) is 0 Å². The van der Waals surface area contributed by atoms with Crippen LogP contribution in [-0.2, 0) is 59.5 Å². The second-order valence-corrected chi connectivity index (χ2v) is 24.8. The van der Waals surface area contributed by atoms with Crippen molar-refractivity contribution in [3.8, 4) is 5.75 Å². The van der Waals surface area contributed by atoms with Crippen LogP contribution in [-0.4, -0.2) is 147 Å². The fraction of sp³-hybridized carbons (Fsp3) is 0.596. The van der Waals surface area contributed by atoms with Crippen LogP contribution < -0.4 is 20.3 Å². The highest BCUT2D eigenvalue weighted by molar-refractivity contribution is 7.54. The van der Waals surface area contributed by atoms with Gasteiger partial charge < -0.3 is 58.5 Å². The number of quaternary nitrogens is 1. The molecular formula is C57H74N5O12P. The molecule has 4 saturated heterocycles. The molecule has 7 heterocycles. The third-order valence-electron chi connectivity index (χ3n) is 19.2. The zero-order chi connectivity index (χ0) is 53.1. The Morgan fingerprint density at radius 3 is 2.41 bits per heavy atom. The van der Waals surface area contributed by atoms with Gasteiger partial charge in [0, 0.05) is 85.1 Å². The molecular weight excluding hydrogens is 978 g/mol. The standard InChI is InChI=1S/C57H74N5O12P/c1-9-53-24-18-26-61-27-25-55(48(53)61)40-30-41(56(52(65)70-8)32-37-33-62(67,34-54(10-2)47(37)74-54)28-23-39-38-21-16-17-22-42(38)58-46(39)56)44(69-7)31-43(40)60(6)49(55)57(66,50(53)73-35(5)63)51(64)59-45(29-36-19-14-13-15-20-36)75(68,71-11-3)72-12-4/h13-22,24,30-31,37,39,45-50,58,66H,9-12,23,25-29,32-34H2,1-8H3,(H,59,64)/t37?,39?,45-,46?,47?,48+,49-,50-,53-,54?,55-,56-,57+,62?/m0/s1. The Balaban J connectivity index is 1.14. The average Bonchev–Trinajstić information content (AvgIpc) is 3.82. The number of para-hydroxylation sites is 1. The molecule has 17 nitrogen and oxygen atoms in total. The Kier molecular flexibility index (Phi) is 13.0. The molecule has 5 fully saturated rings. The van der Waals surface area contributed by atoms with Crippen LogP contribution in [0.2, 0.25) is 0 Å². The van der Waals surface area contributed by atoms with Crippen molar-refractivity contribution < 1.29 is 56.7 Å². The predicted molar refractivity (Wildman–Crippen MR) is 281 cm³/mol. The van der Waals surface area contributed by atoms with Crippen molar-refractivity contribution in [2.45, 2.75) is 137 Å². The lowest BCUT2D eigenvalue weighted by Gasteiger charge is -2.64. The van der Waals surface area contributed by atoms with Gasteiger partial charge in [0.25, 0.3) is 5.91 Å². The summed E-state index contributed by atoms with van der Waals surface area (Å²) < 4.78 is 52.2. The van der Waals surface area contributed by atoms with Crippen molar-refractivity contribution >= 4 is 36.8 Å². The Morgan fingerprint density at radius 1 is 1.00 bits per heavy atom. The van der Waals surface area contributed by atoms with Gasteiger partial charge in [-0.2, -0.15) is 0 Å². The number of hydrogen-bond donors (Lipinski definition) is 3. The van der Waals surface area contributed by atoms with Crippen LogP contribution in [0.5, 0.6) is 5.75 Å². The molecule has 7 aliphatic heterocycles. The first kappa shape index (κ1) is 52.2. The van der Waals surface area contributed by atoms with Gasteiger partial charge in [-0.05, 0) is 74.9 Å². The maximum atomic E-state index is 16.2. The summed E-state index contributed by atoms with van der Waals surface area (Å²) in [5.41, 5.74) is -2.16. The Bertz CT molecular complexity index is 2830. The summed E-state index contributed by atoms with van der Waals surface area (Å²) >= 11 is 0. The van der Waals surface area contributed by atoms with E-state index in [1.165, 1.54) is 14.0 Å². The summed E-state index contributed by atoms with van der Waals surface area (Å²) in [6, 6.07) is 19.2. The van der Waals surface area contributed by atoms with Gasteiger partial charge in [-0.25, -0.2) is 0 Å². The van der Waals surface area contributed by atoms with E-state index in [9.17, 15) is 9.90 Å². The number of rotatable bonds is 15. The minimum atomic E-state index is -4.14. The number of amides is 1. The second kappa shape index (κ2) is 18.7. The quantitative estimate of drug-likeness (QED) is 0.0363. The number of methoxy groups -OCH3 is 2. The molecule has 3 aromatic rings. The first-order valence-electron chi connectivity index (χ1n) is 27.1. The van der Waals surface area contributed by atoms with Gasteiger partial charge in [-0.1, -0.05) is 74.5 Å². The molecule has 1 saturated carbocycles. The van der Waals surface area contributed by atoms with E-state index >= 15 is 19.4 Å². The van der Waals surface area contributed by atoms with Crippen LogP contribution in [0.4, 0.5) is 11.4 Å². The number of likely N-dealkylation sites (N-methyl/N-ethyl adjacent to an activating group) is 1. The van der Waals surface area contributed by atoms with Crippen molar-refractivity contribution in [1.82, 2.24) is 10.2 Å². The van der Waals surface area contributed by atoms with Crippen LogP contribution in [0.25, 0.3) is 0 Å². The first-order valence-corrected chi connectivity index (χ1v) is 28.7. The number of aliphatic hydroxyl groups is 1. The molecule has 18 heteroatoms. The molecule has 8 aliphatic rings. The Labute approximate surface area is 440 Å². The van der Waals surface area contributed by atoms with Gasteiger partial charge in [0.2, 0.25) is 5.60 Å². The molecule has 1 aliphatic carbocycles. The lowest BCUT2D eigenvalue weighted by Crippen LogP contribution is -2.82. The predicted octanol–water partition coefficient (Wildman–Crippen LogP) is 6.69. The summed E-state index contributed by atoms with van der Waals surface area (Å²) in [5, 5.41) is 36.5. The molecule has 3 aromatic carbocycles. The van der Waals surface area contributed by atoms with E-state index < -0.39 is 87.5 Å². The zero-order valence-electron chi connectivity index (χ0n) is 44.5. The molecule has 14 atom stereocenters. The van der Waals surface area contributed by atoms with E-state index in [1.807, 2.05) is 85.6 Å². The number of fused-ring (bicyclic) bond motifs is 8. The number of piperidine rings is 1. The number of nitrogens with zero attached hydrogens (tertiary/aromatic N) is 3. The van der Waals surface area contributed by atoms with Crippen LogP contribution in [0.3, 0.4) is 0 Å². The van der Waals surface area contributed by atoms with Gasteiger partial charge in [0.1, 0.15) is 35.2 Å². The van der Waals surface area contributed by atoms with E-state index in [1.54, 1.807) is 21.0 Å². The third kappa shape index (κ3) is 7.48. The van der Waals surface area contributed by atoms with Crippen LogP contribution in [0.1, 0.15) is 94.9 Å². The lowest BCUT2D eigenvalue weighted by molar-refractivity contribution is -0.890. The molecule has 404 valence electrons. The number of hydrogen-bond acceptors (Lipinski definition) is 15. The first-order chi connectivity index (χ1) is 35.9. The third-order valence-corrected chi connectivity index (χ3v) is 21.5. The second-order valence-electron chi connectivity index (χ2n) is 22.6. The highest BCUT2D eigenvalue weighted by Crippen LogP contribution is 2.69. The van der Waals surface area contributed by atoms with Crippen molar-refractivity contribution in [2.75, 3.05) is 77.4 Å². The highest BCUT2D eigenvalue weighted by Gasteiger charge is 2.80. The number of ether oxygens (including phenoxy) is 4. The number of epoxide rings is 1. The SMILES string of the molecule is CCOP(=O)(OCC)[C@@H](Cc1ccccc1)NC(=O)[C@@]1(O)[C@H]2N(C)c3cc(OC)c([C@@]4(C(=O)OC)CC5C[N+]([O-])(CCC6c7ccccc7NC64)CC4(CC)OC54)cc3[C@]23CCN2CC=C[C@@](CC)([C@@H]23)[C@@H]1OC(C)=O. The van der Waals surface area contributed by atoms with E-state index in [0.29, 0.717) is 68.9 Å². The molecule has 75 heavy (non-hydrogen) atoms. The molecule has 0 radical (unpaired) electrons. The van der Waals surface area contributed by atoms with Gasteiger partial charge in [-0.3, -0.25) is 23.8 Å². The minimum Gasteiger partial charge on any atom is -0.633 e.